The maximum atomic E-state index is 13.0. The number of rotatable bonds is 3. The van der Waals surface area contributed by atoms with Crippen molar-refractivity contribution in [2.45, 2.75) is 45.3 Å². The molecular formula is C18H23FN2O2. The van der Waals surface area contributed by atoms with Gasteiger partial charge in [0.05, 0.1) is 0 Å². The second-order valence-electron chi connectivity index (χ2n) is 6.97. The van der Waals surface area contributed by atoms with Gasteiger partial charge in [0.1, 0.15) is 11.9 Å². The Labute approximate surface area is 136 Å². The largest absolute Gasteiger partial charge is 0.472 e. The Kier molecular flexibility index (Phi) is 4.39. The average Bonchev–Trinajstić information content (AvgIpc) is 2.96. The van der Waals surface area contributed by atoms with Crippen molar-refractivity contribution in [3.8, 4) is 17.3 Å². The highest BCUT2D eigenvalue weighted by molar-refractivity contribution is 5.53. The molecule has 3 rings (SSSR count). The first-order chi connectivity index (χ1) is 10.9. The van der Waals surface area contributed by atoms with Crippen molar-refractivity contribution in [1.82, 2.24) is 9.88 Å². The first-order valence-corrected chi connectivity index (χ1v) is 8.05. The lowest BCUT2D eigenvalue weighted by Gasteiger charge is -2.40. The molecule has 4 nitrogen and oxygen atoms in total. The third kappa shape index (κ3) is 3.91. The van der Waals surface area contributed by atoms with Gasteiger partial charge in [-0.05, 0) is 57.9 Å². The van der Waals surface area contributed by atoms with Crippen LogP contribution in [0.4, 0.5) is 4.39 Å². The molecule has 5 heteroatoms. The van der Waals surface area contributed by atoms with Crippen LogP contribution in [0.2, 0.25) is 0 Å². The van der Waals surface area contributed by atoms with Gasteiger partial charge in [0.15, 0.2) is 6.26 Å². The fourth-order valence-electron chi connectivity index (χ4n) is 2.85. The number of halogens is 1. The Bertz CT molecular complexity index is 638. The number of benzene rings is 1. The van der Waals surface area contributed by atoms with Crippen LogP contribution in [-0.4, -0.2) is 34.6 Å². The Morgan fingerprint density at radius 1 is 1.17 bits per heavy atom. The summed E-state index contributed by atoms with van der Waals surface area (Å²) in [6, 6.07) is 6.07. The van der Waals surface area contributed by atoms with E-state index in [1.807, 2.05) is 0 Å². The Morgan fingerprint density at radius 2 is 1.83 bits per heavy atom. The van der Waals surface area contributed by atoms with Gasteiger partial charge >= 0.3 is 0 Å². The van der Waals surface area contributed by atoms with Gasteiger partial charge in [-0.1, -0.05) is 0 Å². The topological polar surface area (TPSA) is 38.5 Å². The minimum absolute atomic E-state index is 0.166. The van der Waals surface area contributed by atoms with Gasteiger partial charge < -0.3 is 9.15 Å². The van der Waals surface area contributed by atoms with E-state index in [0.29, 0.717) is 11.8 Å². The summed E-state index contributed by atoms with van der Waals surface area (Å²) in [5, 5.41) is 0. The van der Waals surface area contributed by atoms with Crippen LogP contribution >= 0.6 is 0 Å². The molecule has 0 unspecified atom stereocenters. The predicted molar refractivity (Wildman–Crippen MR) is 86.9 cm³/mol. The zero-order chi connectivity index (χ0) is 16.4. The number of hydrogen-bond donors (Lipinski definition) is 0. The van der Waals surface area contributed by atoms with Crippen LogP contribution in [0.15, 0.2) is 34.9 Å². The molecule has 23 heavy (non-hydrogen) atoms. The highest BCUT2D eigenvalue weighted by atomic mass is 19.1. The van der Waals surface area contributed by atoms with Crippen LogP contribution in [-0.2, 0) is 0 Å². The maximum absolute atomic E-state index is 13.0. The average molecular weight is 318 g/mol. The molecule has 0 amide bonds. The van der Waals surface area contributed by atoms with Gasteiger partial charge in [-0.3, -0.25) is 4.90 Å². The van der Waals surface area contributed by atoms with Crippen molar-refractivity contribution in [2.75, 3.05) is 13.1 Å². The molecule has 1 aromatic heterocycles. The molecular weight excluding hydrogens is 295 g/mol. The second-order valence-corrected chi connectivity index (χ2v) is 6.97. The molecule has 0 N–H and O–H groups in total. The van der Waals surface area contributed by atoms with Crippen LogP contribution < -0.4 is 4.74 Å². The number of oxazole rings is 1. The van der Waals surface area contributed by atoms with Crippen molar-refractivity contribution >= 4 is 0 Å². The lowest BCUT2D eigenvalue weighted by atomic mass is 9.99. The summed E-state index contributed by atoms with van der Waals surface area (Å²) in [4.78, 5) is 6.82. The highest BCUT2D eigenvalue weighted by Gasteiger charge is 2.28. The standard InChI is InChI=1S/C18H23FN2O2/c1-18(2,3)21-10-8-15(9-11-21)23-16-12-22-17(20-16)13-4-6-14(19)7-5-13/h4-7,12,15H,8-11H2,1-3H3. The van der Waals surface area contributed by atoms with E-state index >= 15 is 0 Å². The summed E-state index contributed by atoms with van der Waals surface area (Å²) in [5.74, 6) is 0.674. The van der Waals surface area contributed by atoms with Gasteiger partial charge in [-0.15, -0.1) is 0 Å². The monoisotopic (exact) mass is 318 g/mol. The maximum Gasteiger partial charge on any atom is 0.253 e. The summed E-state index contributed by atoms with van der Waals surface area (Å²) in [7, 11) is 0. The molecule has 0 spiro atoms. The molecule has 124 valence electrons. The van der Waals surface area contributed by atoms with Gasteiger partial charge in [-0.25, -0.2) is 4.39 Å². The van der Waals surface area contributed by atoms with Crippen molar-refractivity contribution in [3.63, 3.8) is 0 Å². The molecule has 1 aliphatic rings. The lowest BCUT2D eigenvalue weighted by Crippen LogP contribution is -2.48. The fourth-order valence-corrected chi connectivity index (χ4v) is 2.85. The molecule has 1 fully saturated rings. The minimum Gasteiger partial charge on any atom is -0.472 e. The summed E-state index contributed by atoms with van der Waals surface area (Å²) < 4.78 is 24.3. The molecule has 2 heterocycles. The van der Waals surface area contributed by atoms with E-state index < -0.39 is 0 Å². The van der Waals surface area contributed by atoms with Crippen molar-refractivity contribution in [2.24, 2.45) is 0 Å². The van der Waals surface area contributed by atoms with Crippen molar-refractivity contribution in [1.29, 1.82) is 0 Å². The first-order valence-electron chi connectivity index (χ1n) is 8.05. The highest BCUT2D eigenvalue weighted by Crippen LogP contribution is 2.26. The van der Waals surface area contributed by atoms with Gasteiger partial charge in [0.2, 0.25) is 5.89 Å². The number of hydrogen-bond acceptors (Lipinski definition) is 4. The van der Waals surface area contributed by atoms with Crippen LogP contribution in [0, 0.1) is 5.82 Å². The van der Waals surface area contributed by atoms with Crippen LogP contribution in [0.3, 0.4) is 0 Å². The lowest BCUT2D eigenvalue weighted by molar-refractivity contribution is 0.0472. The predicted octanol–water partition coefficient (Wildman–Crippen LogP) is 4.12. The SMILES string of the molecule is CC(C)(C)N1CCC(Oc2coc(-c3ccc(F)cc3)n2)CC1. The first kappa shape index (κ1) is 16.0. The fraction of sp³-hybridized carbons (Fsp3) is 0.500. The summed E-state index contributed by atoms with van der Waals surface area (Å²) in [5.41, 5.74) is 0.943. The van der Waals surface area contributed by atoms with Crippen LogP contribution in [0.1, 0.15) is 33.6 Å². The van der Waals surface area contributed by atoms with E-state index in [1.165, 1.54) is 18.4 Å². The molecule has 1 saturated heterocycles. The normalized spacial score (nSPS) is 17.4. The van der Waals surface area contributed by atoms with E-state index in [4.69, 9.17) is 9.15 Å². The quantitative estimate of drug-likeness (QED) is 0.853. The minimum atomic E-state index is -0.276. The molecule has 2 aromatic rings. The smallest absolute Gasteiger partial charge is 0.253 e. The third-order valence-electron chi connectivity index (χ3n) is 4.25. The molecule has 0 bridgehead atoms. The number of aromatic nitrogens is 1. The molecule has 0 aliphatic carbocycles. The van der Waals surface area contributed by atoms with Crippen molar-refractivity contribution in [3.05, 3.63) is 36.3 Å². The van der Waals surface area contributed by atoms with E-state index in [-0.39, 0.29) is 17.5 Å². The Morgan fingerprint density at radius 3 is 2.43 bits per heavy atom. The number of nitrogens with zero attached hydrogens (tertiary/aromatic N) is 2. The number of piperidine rings is 1. The molecule has 1 aromatic carbocycles. The van der Waals surface area contributed by atoms with E-state index in [1.54, 1.807) is 12.1 Å². The zero-order valence-electron chi connectivity index (χ0n) is 13.9. The van der Waals surface area contributed by atoms with Crippen LogP contribution in [0.5, 0.6) is 5.88 Å². The van der Waals surface area contributed by atoms with Crippen LogP contribution in [0.25, 0.3) is 11.5 Å². The molecule has 1 aliphatic heterocycles. The number of likely N-dealkylation sites (tertiary alicyclic amines) is 1. The zero-order valence-corrected chi connectivity index (χ0v) is 13.9. The third-order valence-corrected chi connectivity index (χ3v) is 4.25. The number of ether oxygens (including phenoxy) is 1. The van der Waals surface area contributed by atoms with Gasteiger partial charge in [0.25, 0.3) is 5.88 Å². The second kappa shape index (κ2) is 6.32. The van der Waals surface area contributed by atoms with Gasteiger partial charge in [-0.2, -0.15) is 4.98 Å². The Balaban J connectivity index is 1.59. The van der Waals surface area contributed by atoms with Crippen molar-refractivity contribution < 1.29 is 13.5 Å². The molecule has 0 saturated carbocycles. The van der Waals surface area contributed by atoms with Gasteiger partial charge in [0, 0.05) is 24.2 Å². The summed E-state index contributed by atoms with van der Waals surface area (Å²) >= 11 is 0. The Hall–Kier alpha value is -1.88. The van der Waals surface area contributed by atoms with E-state index in [2.05, 4.69) is 30.7 Å². The molecule has 0 atom stereocenters. The molecule has 0 radical (unpaired) electrons. The summed E-state index contributed by atoms with van der Waals surface area (Å²) in [6.07, 6.45) is 3.65. The van der Waals surface area contributed by atoms with E-state index in [9.17, 15) is 4.39 Å². The van der Waals surface area contributed by atoms with E-state index in [0.717, 1.165) is 31.5 Å². The summed E-state index contributed by atoms with van der Waals surface area (Å²) in [6.45, 7) is 8.76.